The predicted octanol–water partition coefficient (Wildman–Crippen LogP) is 7.28. The number of nitriles is 1. The summed E-state index contributed by atoms with van der Waals surface area (Å²) in [5, 5.41) is 8.34. The van der Waals surface area contributed by atoms with E-state index < -0.39 is 5.83 Å². The van der Waals surface area contributed by atoms with Gasteiger partial charge in [0, 0.05) is 0 Å². The van der Waals surface area contributed by atoms with Gasteiger partial charge in [-0.2, -0.15) is 9.65 Å². The van der Waals surface area contributed by atoms with Crippen molar-refractivity contribution in [2.24, 2.45) is 23.7 Å². The highest BCUT2D eigenvalue weighted by atomic mass is 19.1. The van der Waals surface area contributed by atoms with Crippen molar-refractivity contribution in [2.75, 3.05) is 0 Å². The van der Waals surface area contributed by atoms with E-state index in [9.17, 15) is 4.39 Å². The lowest BCUT2D eigenvalue weighted by Gasteiger charge is -2.28. The first-order valence-electron chi connectivity index (χ1n) is 10.3. The zero-order valence-electron chi connectivity index (χ0n) is 15.8. The molecular weight excluding hydrogens is 309 g/mol. The van der Waals surface area contributed by atoms with Crippen molar-refractivity contribution in [3.63, 3.8) is 0 Å². The molecular formula is C23H34FN. The topological polar surface area (TPSA) is 23.8 Å². The lowest BCUT2D eigenvalue weighted by molar-refractivity contribution is 0.290. The van der Waals surface area contributed by atoms with Crippen LogP contribution in [0.5, 0.6) is 0 Å². The Morgan fingerprint density at radius 1 is 0.960 bits per heavy atom. The Kier molecular flexibility index (Phi) is 9.02. The van der Waals surface area contributed by atoms with E-state index in [2.05, 4.69) is 19.1 Å². The first-order valence-corrected chi connectivity index (χ1v) is 10.3. The number of nitrogens with zero attached hydrogens (tertiary/aromatic N) is 1. The Bertz CT molecular complexity index is 495. The molecule has 0 amide bonds. The Labute approximate surface area is 153 Å². The third-order valence-corrected chi connectivity index (χ3v) is 6.24. The van der Waals surface area contributed by atoms with E-state index in [-0.39, 0.29) is 0 Å². The zero-order valence-corrected chi connectivity index (χ0v) is 15.8. The van der Waals surface area contributed by atoms with Crippen molar-refractivity contribution >= 4 is 0 Å². The van der Waals surface area contributed by atoms with Crippen LogP contribution in [0.25, 0.3) is 0 Å². The highest BCUT2D eigenvalue weighted by molar-refractivity contribution is 5.18. The van der Waals surface area contributed by atoms with Crippen LogP contribution in [0, 0.1) is 35.0 Å². The zero-order chi connectivity index (χ0) is 17.9. The summed E-state index contributed by atoms with van der Waals surface area (Å²) in [6, 6.07) is 1.49. The summed E-state index contributed by atoms with van der Waals surface area (Å²) in [6.07, 6.45) is 24.5. The quantitative estimate of drug-likeness (QED) is 0.271. The van der Waals surface area contributed by atoms with Gasteiger partial charge in [0.05, 0.1) is 0 Å². The summed E-state index contributed by atoms with van der Waals surface area (Å²) < 4.78 is 12.6. The van der Waals surface area contributed by atoms with Gasteiger partial charge in [-0.1, -0.05) is 37.6 Å². The van der Waals surface area contributed by atoms with Crippen LogP contribution in [0.2, 0.25) is 0 Å². The van der Waals surface area contributed by atoms with Crippen molar-refractivity contribution in [1.82, 2.24) is 0 Å². The first kappa shape index (κ1) is 20.0. The molecule has 0 aromatic rings. The van der Waals surface area contributed by atoms with Gasteiger partial charge in [0.1, 0.15) is 6.07 Å². The highest BCUT2D eigenvalue weighted by Crippen LogP contribution is 2.35. The second-order valence-electron chi connectivity index (χ2n) is 7.99. The van der Waals surface area contributed by atoms with E-state index in [0.29, 0.717) is 0 Å². The molecule has 0 aromatic heterocycles. The second kappa shape index (κ2) is 11.3. The van der Waals surface area contributed by atoms with Crippen LogP contribution in [0.3, 0.4) is 0 Å². The minimum Gasteiger partial charge on any atom is -0.195 e. The van der Waals surface area contributed by atoms with E-state index in [1.54, 1.807) is 6.08 Å². The van der Waals surface area contributed by atoms with Gasteiger partial charge in [0.15, 0.2) is 5.83 Å². The summed E-state index contributed by atoms with van der Waals surface area (Å²) >= 11 is 0. The minimum atomic E-state index is -0.716. The van der Waals surface area contributed by atoms with Gasteiger partial charge in [-0.3, -0.25) is 0 Å². The third kappa shape index (κ3) is 7.59. The molecule has 0 heterocycles. The maximum atomic E-state index is 12.6. The van der Waals surface area contributed by atoms with Crippen molar-refractivity contribution in [2.45, 2.75) is 77.6 Å². The number of allylic oxidation sites excluding steroid dienone is 6. The van der Waals surface area contributed by atoms with E-state index in [1.165, 1.54) is 76.4 Å². The molecule has 138 valence electrons. The molecule has 0 bridgehead atoms. The van der Waals surface area contributed by atoms with Crippen LogP contribution in [-0.2, 0) is 0 Å². The summed E-state index contributed by atoms with van der Waals surface area (Å²) in [5.74, 6) is 2.72. The number of rotatable bonds is 7. The molecule has 2 saturated carbocycles. The van der Waals surface area contributed by atoms with Crippen LogP contribution in [0.1, 0.15) is 77.6 Å². The molecule has 2 rings (SSSR count). The van der Waals surface area contributed by atoms with Gasteiger partial charge in [-0.25, -0.2) is 0 Å². The molecule has 0 N–H and O–H groups in total. The molecule has 0 spiro atoms. The van der Waals surface area contributed by atoms with Crippen molar-refractivity contribution in [3.05, 3.63) is 36.2 Å². The van der Waals surface area contributed by atoms with Crippen molar-refractivity contribution in [3.8, 4) is 6.07 Å². The Hall–Kier alpha value is -1.36. The van der Waals surface area contributed by atoms with E-state index in [0.717, 1.165) is 30.1 Å². The minimum absolute atomic E-state index is 0.716. The molecule has 0 unspecified atom stereocenters. The molecule has 2 fully saturated rings. The Morgan fingerprint density at radius 3 is 2.04 bits per heavy atom. The Morgan fingerprint density at radius 2 is 1.52 bits per heavy atom. The summed E-state index contributed by atoms with van der Waals surface area (Å²) in [7, 11) is 0. The lowest BCUT2D eigenvalue weighted by Crippen LogP contribution is -2.14. The fraction of sp³-hybridized carbons (Fsp3) is 0.696. The number of hydrogen-bond acceptors (Lipinski definition) is 1. The fourth-order valence-corrected chi connectivity index (χ4v) is 4.39. The fourth-order valence-electron chi connectivity index (χ4n) is 4.39. The second-order valence-corrected chi connectivity index (χ2v) is 7.99. The molecule has 0 aromatic carbocycles. The third-order valence-electron chi connectivity index (χ3n) is 6.24. The average Bonchev–Trinajstić information content (AvgIpc) is 2.67. The van der Waals surface area contributed by atoms with Crippen LogP contribution in [0.4, 0.5) is 4.39 Å². The first-order chi connectivity index (χ1) is 12.2. The smallest absolute Gasteiger partial charge is 0.195 e. The highest BCUT2D eigenvalue weighted by Gasteiger charge is 2.21. The molecule has 2 heteroatoms. The molecule has 1 nitrogen and oxygen atoms in total. The van der Waals surface area contributed by atoms with Gasteiger partial charge in [-0.05, 0) is 94.0 Å². The summed E-state index contributed by atoms with van der Waals surface area (Å²) in [5.41, 5.74) is 0. The standard InChI is InChI=1S/C23H34FN/c1-2-19-8-10-21(11-9-19)16-17-22-14-12-20(13-15-22)6-4-3-5-7-23(24)18-25/h3,5,7,16-17,19-22H,2,4,6,8-15H2,1H3/t19-,20?,21-,22?. The molecule has 0 saturated heterocycles. The number of hydrogen-bond donors (Lipinski definition) is 0. The Balaban J connectivity index is 1.60. The van der Waals surface area contributed by atoms with Gasteiger partial charge >= 0.3 is 0 Å². The van der Waals surface area contributed by atoms with Crippen LogP contribution < -0.4 is 0 Å². The molecule has 0 atom stereocenters. The largest absolute Gasteiger partial charge is 0.199 e. The van der Waals surface area contributed by atoms with Gasteiger partial charge in [0.25, 0.3) is 0 Å². The average molecular weight is 344 g/mol. The van der Waals surface area contributed by atoms with E-state index in [4.69, 9.17) is 5.26 Å². The molecule has 25 heavy (non-hydrogen) atoms. The maximum absolute atomic E-state index is 12.6. The molecule has 0 radical (unpaired) electrons. The molecule has 0 aliphatic heterocycles. The molecule has 2 aliphatic carbocycles. The lowest BCUT2D eigenvalue weighted by atomic mass is 9.78. The SMILES string of the molecule is CC[C@H]1CC[C@H](C=CC2CCC(CCC=CC=C(F)C#N)CC2)CC1. The predicted molar refractivity (Wildman–Crippen MR) is 104 cm³/mol. The van der Waals surface area contributed by atoms with Gasteiger partial charge in [0.2, 0.25) is 0 Å². The van der Waals surface area contributed by atoms with Crippen molar-refractivity contribution < 1.29 is 4.39 Å². The van der Waals surface area contributed by atoms with E-state index in [1.807, 2.05) is 6.08 Å². The van der Waals surface area contributed by atoms with Crippen LogP contribution in [-0.4, -0.2) is 0 Å². The van der Waals surface area contributed by atoms with Gasteiger partial charge < -0.3 is 0 Å². The normalized spacial score (nSPS) is 31.5. The maximum Gasteiger partial charge on any atom is 0.199 e. The summed E-state index contributed by atoms with van der Waals surface area (Å²) in [6.45, 7) is 2.33. The summed E-state index contributed by atoms with van der Waals surface area (Å²) in [4.78, 5) is 0. The molecule has 2 aliphatic rings. The number of halogens is 1. The monoisotopic (exact) mass is 343 g/mol. The van der Waals surface area contributed by atoms with Gasteiger partial charge in [-0.15, -0.1) is 0 Å². The van der Waals surface area contributed by atoms with Crippen LogP contribution in [0.15, 0.2) is 36.2 Å². The van der Waals surface area contributed by atoms with Crippen LogP contribution >= 0.6 is 0 Å². The van der Waals surface area contributed by atoms with Crippen molar-refractivity contribution in [1.29, 1.82) is 5.26 Å². The van der Waals surface area contributed by atoms with E-state index >= 15 is 0 Å².